The summed E-state index contributed by atoms with van der Waals surface area (Å²) in [6.45, 7) is 9.53. The van der Waals surface area contributed by atoms with Crippen LogP contribution in [0.15, 0.2) is 34.7 Å². The fraction of sp³-hybridized carbons (Fsp3) is 0.474. The minimum absolute atomic E-state index is 0.414. The van der Waals surface area contributed by atoms with Crippen LogP contribution in [-0.2, 0) is 0 Å². The second kappa shape index (κ2) is 5.69. The van der Waals surface area contributed by atoms with Gasteiger partial charge < -0.3 is 9.73 Å². The molecule has 0 saturated heterocycles. The van der Waals surface area contributed by atoms with Crippen molar-refractivity contribution in [2.75, 3.05) is 6.54 Å². The van der Waals surface area contributed by atoms with Crippen molar-refractivity contribution in [3.63, 3.8) is 0 Å². The second-order valence-corrected chi connectivity index (χ2v) is 6.21. The van der Waals surface area contributed by atoms with Gasteiger partial charge >= 0.3 is 0 Å². The van der Waals surface area contributed by atoms with E-state index in [1.165, 1.54) is 23.1 Å². The predicted octanol–water partition coefficient (Wildman–Crippen LogP) is 4.66. The number of furan rings is 1. The van der Waals surface area contributed by atoms with Gasteiger partial charge in [0, 0.05) is 11.6 Å². The quantitative estimate of drug-likeness (QED) is 0.863. The van der Waals surface area contributed by atoms with Crippen LogP contribution in [0.25, 0.3) is 0 Å². The smallest absolute Gasteiger partial charge is 0.106 e. The Morgan fingerprint density at radius 1 is 1.14 bits per heavy atom. The molecule has 3 rings (SSSR count). The van der Waals surface area contributed by atoms with Gasteiger partial charge in [-0.05, 0) is 56.7 Å². The van der Waals surface area contributed by atoms with Crippen LogP contribution in [0.3, 0.4) is 0 Å². The van der Waals surface area contributed by atoms with E-state index in [1.54, 1.807) is 0 Å². The largest absolute Gasteiger partial charge is 0.466 e. The Hall–Kier alpha value is -1.54. The zero-order chi connectivity index (χ0) is 15.0. The third-order valence-electron chi connectivity index (χ3n) is 4.85. The van der Waals surface area contributed by atoms with Crippen molar-refractivity contribution < 1.29 is 4.42 Å². The molecular formula is C19H25NO. The van der Waals surface area contributed by atoms with Gasteiger partial charge in [0.1, 0.15) is 11.5 Å². The van der Waals surface area contributed by atoms with E-state index in [9.17, 15) is 0 Å². The molecule has 1 aromatic carbocycles. The van der Waals surface area contributed by atoms with E-state index in [2.05, 4.69) is 63.3 Å². The van der Waals surface area contributed by atoms with Gasteiger partial charge in [-0.15, -0.1) is 0 Å². The average Bonchev–Trinajstić information content (AvgIpc) is 3.23. The lowest BCUT2D eigenvalue weighted by molar-refractivity contribution is 0.459. The third kappa shape index (κ3) is 2.65. The molecule has 0 spiro atoms. The van der Waals surface area contributed by atoms with E-state index in [1.807, 2.05) is 0 Å². The highest BCUT2D eigenvalue weighted by Crippen LogP contribution is 2.55. The maximum Gasteiger partial charge on any atom is 0.106 e. The zero-order valence-corrected chi connectivity index (χ0v) is 13.4. The molecule has 1 aliphatic rings. The number of rotatable bonds is 5. The van der Waals surface area contributed by atoms with Crippen molar-refractivity contribution in [3.05, 3.63) is 58.5 Å². The summed E-state index contributed by atoms with van der Waals surface area (Å²) in [7, 11) is 0. The van der Waals surface area contributed by atoms with Crippen LogP contribution >= 0.6 is 0 Å². The first-order chi connectivity index (χ1) is 10.1. The molecule has 1 saturated carbocycles. The van der Waals surface area contributed by atoms with Gasteiger partial charge in [0.05, 0.1) is 0 Å². The van der Waals surface area contributed by atoms with Crippen molar-refractivity contribution in [1.29, 1.82) is 0 Å². The number of aryl methyl sites for hydroxylation is 2. The Morgan fingerprint density at radius 3 is 2.43 bits per heavy atom. The first-order valence-corrected chi connectivity index (χ1v) is 7.98. The lowest BCUT2D eigenvalue weighted by Gasteiger charge is -2.19. The van der Waals surface area contributed by atoms with E-state index in [-0.39, 0.29) is 0 Å². The molecule has 3 unspecified atom stereocenters. The number of hydrogen-bond donors (Lipinski definition) is 1. The summed E-state index contributed by atoms with van der Waals surface area (Å²) in [6.07, 6.45) is 1.27. The van der Waals surface area contributed by atoms with Crippen molar-refractivity contribution in [3.8, 4) is 0 Å². The van der Waals surface area contributed by atoms with Crippen LogP contribution in [0.2, 0.25) is 0 Å². The highest BCUT2D eigenvalue weighted by Gasteiger charge is 2.45. The highest BCUT2D eigenvalue weighted by molar-refractivity contribution is 5.38. The number of benzene rings is 1. The standard InChI is InChI=1S/C19H25NO/c1-5-20-19(18-12(2)13(3)21-14(18)4)17-11-16(17)15-9-7-6-8-10-15/h6-10,16-17,19-20H,5,11H2,1-4H3. The summed E-state index contributed by atoms with van der Waals surface area (Å²) < 4.78 is 5.85. The fourth-order valence-corrected chi connectivity index (χ4v) is 3.62. The highest BCUT2D eigenvalue weighted by atomic mass is 16.3. The topological polar surface area (TPSA) is 25.2 Å². The second-order valence-electron chi connectivity index (χ2n) is 6.21. The lowest BCUT2D eigenvalue weighted by Crippen LogP contribution is -2.24. The molecule has 1 fully saturated rings. The van der Waals surface area contributed by atoms with Gasteiger partial charge in [-0.2, -0.15) is 0 Å². The van der Waals surface area contributed by atoms with Crippen molar-refractivity contribution in [2.24, 2.45) is 5.92 Å². The van der Waals surface area contributed by atoms with Gasteiger partial charge in [0.2, 0.25) is 0 Å². The first kappa shape index (κ1) is 14.4. The Kier molecular flexibility index (Phi) is 3.90. The summed E-state index contributed by atoms with van der Waals surface area (Å²) in [5.74, 6) is 3.50. The first-order valence-electron chi connectivity index (χ1n) is 7.98. The molecule has 21 heavy (non-hydrogen) atoms. The summed E-state index contributed by atoms with van der Waals surface area (Å²) in [5.41, 5.74) is 4.18. The predicted molar refractivity (Wildman–Crippen MR) is 86.6 cm³/mol. The summed E-state index contributed by atoms with van der Waals surface area (Å²) in [6, 6.07) is 11.3. The molecule has 1 heterocycles. The Bertz CT molecular complexity index is 614. The molecule has 0 amide bonds. The van der Waals surface area contributed by atoms with E-state index in [4.69, 9.17) is 4.42 Å². The number of hydrogen-bond acceptors (Lipinski definition) is 2. The zero-order valence-electron chi connectivity index (χ0n) is 13.4. The van der Waals surface area contributed by atoms with Crippen LogP contribution in [0.5, 0.6) is 0 Å². The maximum atomic E-state index is 5.85. The van der Waals surface area contributed by atoms with Crippen molar-refractivity contribution >= 4 is 0 Å². The van der Waals surface area contributed by atoms with Gasteiger partial charge in [-0.1, -0.05) is 37.3 Å². The number of nitrogens with one attached hydrogen (secondary N) is 1. The van der Waals surface area contributed by atoms with E-state index in [0.717, 1.165) is 18.1 Å². The van der Waals surface area contributed by atoms with E-state index >= 15 is 0 Å². The van der Waals surface area contributed by atoms with Crippen LogP contribution in [0.4, 0.5) is 0 Å². The Labute approximate surface area is 127 Å². The molecule has 0 bridgehead atoms. The molecular weight excluding hydrogens is 258 g/mol. The molecule has 1 aromatic heterocycles. The molecule has 1 N–H and O–H groups in total. The molecule has 2 aromatic rings. The monoisotopic (exact) mass is 283 g/mol. The molecule has 0 aliphatic heterocycles. The van der Waals surface area contributed by atoms with Crippen LogP contribution in [0, 0.1) is 26.7 Å². The van der Waals surface area contributed by atoms with E-state index in [0.29, 0.717) is 17.9 Å². The summed E-state index contributed by atoms with van der Waals surface area (Å²) in [4.78, 5) is 0. The van der Waals surface area contributed by atoms with Crippen LogP contribution in [0.1, 0.15) is 53.5 Å². The fourth-order valence-electron chi connectivity index (χ4n) is 3.62. The van der Waals surface area contributed by atoms with E-state index < -0.39 is 0 Å². The van der Waals surface area contributed by atoms with Gasteiger partial charge in [-0.3, -0.25) is 0 Å². The lowest BCUT2D eigenvalue weighted by atomic mass is 9.95. The Morgan fingerprint density at radius 2 is 1.86 bits per heavy atom. The molecule has 2 heteroatoms. The summed E-state index contributed by atoms with van der Waals surface area (Å²) in [5, 5.41) is 3.70. The van der Waals surface area contributed by atoms with Gasteiger partial charge in [0.15, 0.2) is 0 Å². The van der Waals surface area contributed by atoms with Gasteiger partial charge in [0.25, 0.3) is 0 Å². The Balaban J connectivity index is 1.87. The van der Waals surface area contributed by atoms with Crippen LogP contribution < -0.4 is 5.32 Å². The molecule has 2 nitrogen and oxygen atoms in total. The minimum Gasteiger partial charge on any atom is -0.466 e. The molecule has 3 atom stereocenters. The normalized spacial score (nSPS) is 22.3. The minimum atomic E-state index is 0.414. The maximum absolute atomic E-state index is 5.85. The van der Waals surface area contributed by atoms with Crippen molar-refractivity contribution in [1.82, 2.24) is 5.32 Å². The molecule has 112 valence electrons. The molecule has 1 aliphatic carbocycles. The average molecular weight is 283 g/mol. The summed E-state index contributed by atoms with van der Waals surface area (Å²) >= 11 is 0. The van der Waals surface area contributed by atoms with Gasteiger partial charge in [-0.25, -0.2) is 0 Å². The molecule has 0 radical (unpaired) electrons. The third-order valence-corrected chi connectivity index (χ3v) is 4.85. The SMILES string of the molecule is CCNC(c1c(C)oc(C)c1C)C1CC1c1ccccc1. The van der Waals surface area contributed by atoms with Crippen LogP contribution in [-0.4, -0.2) is 6.54 Å². The van der Waals surface area contributed by atoms with Crippen molar-refractivity contribution in [2.45, 2.75) is 46.1 Å².